The zero-order chi connectivity index (χ0) is 81.7. The zero-order valence-electron chi connectivity index (χ0n) is 60.1. The summed E-state index contributed by atoms with van der Waals surface area (Å²) >= 11 is 0. The van der Waals surface area contributed by atoms with Crippen LogP contribution < -0.4 is 76.1 Å². The quantitative estimate of drug-likeness (QED) is 0.0198. The van der Waals surface area contributed by atoms with Crippen LogP contribution in [0.4, 0.5) is 26.3 Å². The molecule has 1 saturated heterocycles. The van der Waals surface area contributed by atoms with E-state index in [4.69, 9.17) is 47.5 Å². The van der Waals surface area contributed by atoms with Gasteiger partial charge in [-0.3, -0.25) is 57.7 Å². The first-order valence-electron chi connectivity index (χ1n) is 33.5. The third kappa shape index (κ3) is 32.4. The molecule has 1 unspecified atom stereocenters. The van der Waals surface area contributed by atoms with Crippen molar-refractivity contribution in [1.82, 2.24) is 53.2 Å². The van der Waals surface area contributed by atoms with Crippen molar-refractivity contribution in [2.45, 2.75) is 230 Å². The lowest BCUT2D eigenvalue weighted by Crippen LogP contribution is -2.64. The highest BCUT2D eigenvalue weighted by atomic mass is 19.4. The number of rotatable bonds is 20. The van der Waals surface area contributed by atoms with Crippen molar-refractivity contribution in [3.63, 3.8) is 0 Å². The first-order valence-corrected chi connectivity index (χ1v) is 33.5. The molecule has 1 heterocycles. The number of carbonyl (C=O) groups is 14. The SMILES string of the molecule is CC[C@H](C)C1NC(=O)[C@@H](CCCN=C(N)N)NC(=O)[C@H](CC(C)C)NC(=O)[C@H]([C@H](O)C(C)C)NC(=O)[C@@H](NC(=O)[C@H](CC(C)(C)C)NC(=O)C2(N)CCCCC2)[C@@H](c2ccccc2)OC(=O)[C@H](CO)NC(=O)[C@H]([C@H](O)C(N)=O)NC(=O)CNC(=O)[C@H]([C@H](C)O)NC1=O.O=C(O)C(F)(F)F.O=C(O)C(F)(F)F. The maximum Gasteiger partial charge on any atom is 0.490 e. The molecule has 1 aromatic rings. The zero-order valence-corrected chi connectivity index (χ0v) is 60.1. The molecule has 0 radical (unpaired) electrons. The molecule has 42 heteroatoms. The van der Waals surface area contributed by atoms with Crippen molar-refractivity contribution in [2.75, 3.05) is 19.7 Å². The fourth-order valence-electron chi connectivity index (χ4n) is 10.2. The van der Waals surface area contributed by atoms with Gasteiger partial charge < -0.3 is 111 Å². The Labute approximate surface area is 605 Å². The largest absolute Gasteiger partial charge is 0.490 e. The molecule has 3 rings (SSSR count). The lowest BCUT2D eigenvalue weighted by molar-refractivity contribution is -0.193. The number of hydrogen-bond acceptors (Lipinski definition) is 21. The van der Waals surface area contributed by atoms with E-state index in [1.54, 1.807) is 48.5 Å². The average molecular weight is 1530 g/mol. The normalized spacial score (nSPS) is 23.8. The van der Waals surface area contributed by atoms with E-state index in [9.17, 15) is 94.7 Å². The van der Waals surface area contributed by atoms with Gasteiger partial charge in [0.25, 0.3) is 0 Å². The minimum Gasteiger partial charge on any atom is -0.475 e. The predicted molar refractivity (Wildman–Crippen MR) is 361 cm³/mol. The van der Waals surface area contributed by atoms with Crippen LogP contribution in [0.2, 0.25) is 0 Å². The number of carboxylic acid groups (broad SMARTS) is 2. The summed E-state index contributed by atoms with van der Waals surface area (Å²) in [6.45, 7) is 13.6. The second-order valence-corrected chi connectivity index (χ2v) is 27.2. The number of nitrogens with one attached hydrogen (secondary N) is 10. The van der Waals surface area contributed by atoms with E-state index in [1.807, 2.05) is 10.6 Å². The minimum atomic E-state index is -5.08. The van der Waals surface area contributed by atoms with Crippen molar-refractivity contribution in [1.29, 1.82) is 0 Å². The Morgan fingerprint density at radius 1 is 0.660 bits per heavy atom. The summed E-state index contributed by atoms with van der Waals surface area (Å²) in [6.07, 6.45) is -15.8. The average Bonchev–Trinajstić information content (AvgIpc) is 0.809. The number of primary amides is 1. The first kappa shape index (κ1) is 94.5. The number of hydrogen-bond donors (Lipinski definition) is 20. The van der Waals surface area contributed by atoms with E-state index in [0.29, 0.717) is 12.8 Å². The second kappa shape index (κ2) is 43.2. The van der Waals surface area contributed by atoms with Gasteiger partial charge in [-0.1, -0.05) is 118 Å². The number of nitrogens with two attached hydrogens (primary N) is 4. The number of aliphatic hydroxyl groups excluding tert-OH is 4. The highest BCUT2D eigenvalue weighted by Gasteiger charge is 2.46. The monoisotopic (exact) mass is 1530 g/mol. The standard InChI is InChI=1S/C60H99N15O17.2C2HF3O2/c1-11-31(6)39-52(86)73-40(32(7)77)51(85)66-27-38(78)71-42(45(80)47(61)81)54(88)69-37(28-76)56(90)92-46(33-19-14-12-15-20-33)43(75-50(84)36(26-59(8,9)10)70-57(91)60(64)22-16-13-17-23-60)55(89)74-41(44(79)30(4)5)53(87)68-35(25-29(2)3)49(83)67-34(48(82)72-39)21-18-24-65-58(62)63;2*3-2(4,5)1(6)7/h12,14-15,19-20,29-32,34-37,39-46,76-77,79-80H,11,13,16-18,21-28,64H2,1-10H3,(H2,61,81)(H,66,85)(H,67,83)(H,68,87)(H,69,88)(H,70,91)(H,71,78)(H,72,82)(H,73,86)(H,74,89)(H,75,84)(H4,62,63,65);2*(H,6,7)/t31-,32-,34+,35-,36-,37-,39?,40-,41-,42-,43-,44+,45-,46+;;/m0../s1. The van der Waals surface area contributed by atoms with Crippen LogP contribution in [-0.2, 0) is 71.9 Å². The number of ether oxygens (including phenoxy) is 1. The number of alkyl halides is 6. The Balaban J connectivity index is 0.00000362. The van der Waals surface area contributed by atoms with Crippen molar-refractivity contribution in [3.05, 3.63) is 35.9 Å². The fourth-order valence-corrected chi connectivity index (χ4v) is 10.2. The molecule has 1 aliphatic carbocycles. The van der Waals surface area contributed by atoms with Gasteiger partial charge in [-0.2, -0.15) is 26.3 Å². The molecular weight excluding hydrogens is 1430 g/mol. The van der Waals surface area contributed by atoms with Crippen LogP contribution in [0.25, 0.3) is 0 Å². The number of esters is 1. The number of amides is 11. The number of halogens is 6. The van der Waals surface area contributed by atoms with Crippen LogP contribution in [0.5, 0.6) is 0 Å². The molecule has 24 N–H and O–H groups in total. The van der Waals surface area contributed by atoms with Crippen molar-refractivity contribution >= 4 is 88.8 Å². The number of aliphatic carboxylic acids is 2. The van der Waals surface area contributed by atoms with Crippen molar-refractivity contribution in [2.24, 2.45) is 51.1 Å². The van der Waals surface area contributed by atoms with Gasteiger partial charge in [0.2, 0.25) is 65.0 Å². The summed E-state index contributed by atoms with van der Waals surface area (Å²) < 4.78 is 69.4. The lowest BCUT2D eigenvalue weighted by Gasteiger charge is -2.36. The first-order chi connectivity index (χ1) is 48.8. The van der Waals surface area contributed by atoms with Gasteiger partial charge in [0.15, 0.2) is 24.2 Å². The number of carbonyl (C=O) groups excluding carboxylic acids is 12. The van der Waals surface area contributed by atoms with E-state index in [2.05, 4.69) is 47.5 Å². The number of nitrogens with zero attached hydrogens (tertiary/aromatic N) is 1. The Bertz CT molecular complexity index is 3180. The lowest BCUT2D eigenvalue weighted by atomic mass is 9.81. The molecule has 1 aliphatic heterocycles. The molecule has 2 fully saturated rings. The maximum absolute atomic E-state index is 15.5. The van der Waals surface area contributed by atoms with Gasteiger partial charge in [0, 0.05) is 6.54 Å². The topological polar surface area (TPSA) is 606 Å². The number of cyclic esters (lactones) is 1. The molecule has 0 aromatic heterocycles. The Morgan fingerprint density at radius 2 is 1.15 bits per heavy atom. The highest BCUT2D eigenvalue weighted by molar-refractivity contribution is 6.00. The van der Waals surface area contributed by atoms with Gasteiger partial charge in [-0.15, -0.1) is 0 Å². The van der Waals surface area contributed by atoms with Gasteiger partial charge in [0.1, 0.15) is 48.3 Å². The summed E-state index contributed by atoms with van der Waals surface area (Å²) in [5, 5.41) is 82.7. The molecule has 11 amide bonds. The van der Waals surface area contributed by atoms with E-state index in [1.165, 1.54) is 44.2 Å². The van der Waals surface area contributed by atoms with Gasteiger partial charge >= 0.3 is 30.3 Å². The summed E-state index contributed by atoms with van der Waals surface area (Å²) in [5.41, 5.74) is 20.9. The molecule has 0 bridgehead atoms. The number of aliphatic hydroxyl groups is 4. The summed E-state index contributed by atoms with van der Waals surface area (Å²) in [6, 6.07) is -9.61. The van der Waals surface area contributed by atoms with Crippen LogP contribution in [-0.4, -0.2) is 230 Å². The van der Waals surface area contributed by atoms with Gasteiger partial charge in [-0.25, -0.2) is 14.4 Å². The fraction of sp³-hybridized carbons (Fsp3) is 0.672. The van der Waals surface area contributed by atoms with Gasteiger partial charge in [-0.05, 0) is 74.2 Å². The number of guanidine groups is 1. The van der Waals surface area contributed by atoms with Crippen molar-refractivity contribution in [3.8, 4) is 0 Å². The molecule has 0 spiro atoms. The Morgan fingerprint density at radius 3 is 1.62 bits per heavy atom. The molecule has 2 aliphatic rings. The van der Waals surface area contributed by atoms with E-state index >= 15 is 9.59 Å². The third-order valence-corrected chi connectivity index (χ3v) is 16.2. The highest BCUT2D eigenvalue weighted by Crippen LogP contribution is 2.29. The third-order valence-electron chi connectivity index (χ3n) is 16.2. The van der Waals surface area contributed by atoms with Crippen LogP contribution in [0, 0.1) is 23.2 Å². The van der Waals surface area contributed by atoms with Gasteiger partial charge in [0.05, 0.1) is 30.9 Å². The summed E-state index contributed by atoms with van der Waals surface area (Å²) in [5.74, 6) is -22.2. The number of carboxylic acids is 2. The van der Waals surface area contributed by atoms with E-state index in [-0.39, 0.29) is 68.9 Å². The summed E-state index contributed by atoms with van der Waals surface area (Å²) in [7, 11) is 0. The molecule has 1 saturated carbocycles. The Kier molecular flexibility index (Phi) is 38.5. The smallest absolute Gasteiger partial charge is 0.475 e. The van der Waals surface area contributed by atoms with Crippen LogP contribution in [0.3, 0.4) is 0 Å². The molecule has 1 aromatic carbocycles. The number of benzene rings is 1. The molecule has 36 nitrogen and oxygen atoms in total. The predicted octanol–water partition coefficient (Wildman–Crippen LogP) is -3.49. The maximum atomic E-state index is 15.5. The van der Waals surface area contributed by atoms with Crippen LogP contribution in [0.15, 0.2) is 35.3 Å². The van der Waals surface area contributed by atoms with Crippen LogP contribution >= 0.6 is 0 Å². The van der Waals surface area contributed by atoms with Crippen LogP contribution in [0.1, 0.15) is 145 Å². The molecule has 106 heavy (non-hydrogen) atoms. The minimum absolute atomic E-state index is 0.0469. The van der Waals surface area contributed by atoms with E-state index < -0.39 is 210 Å². The summed E-state index contributed by atoms with van der Waals surface area (Å²) in [4.78, 5) is 193. The molecule has 600 valence electrons. The Hall–Kier alpha value is -9.55. The van der Waals surface area contributed by atoms with E-state index in [0.717, 1.165) is 13.3 Å². The second-order valence-electron chi connectivity index (χ2n) is 27.2. The molecular formula is C64H101F6N15O21. The van der Waals surface area contributed by atoms with Crippen molar-refractivity contribution < 1.29 is 129 Å². The molecule has 14 atom stereocenters. The number of aliphatic imine (C=N–C) groups is 1.